The molecule has 0 aromatic rings. The van der Waals surface area contributed by atoms with E-state index >= 15 is 0 Å². The standard InChI is InChI=1S/C19H18O4/c1-3-17(20)22-14-9-10-15-12(2)18(13-7-5-4-6-8-13)19(21)23-16(15)11-14/h3,5,7-11,15-16H,1,4,6H2,2H3. The fourth-order valence-electron chi connectivity index (χ4n) is 3.01. The molecule has 2 unspecified atom stereocenters. The third-order valence-corrected chi connectivity index (χ3v) is 4.16. The molecule has 0 bridgehead atoms. The number of esters is 2. The second-order valence-electron chi connectivity index (χ2n) is 5.65. The quantitative estimate of drug-likeness (QED) is 0.593. The Hall–Kier alpha value is -2.62. The van der Waals surface area contributed by atoms with E-state index in [0.29, 0.717) is 11.3 Å². The Morgan fingerprint density at radius 3 is 2.91 bits per heavy atom. The highest BCUT2D eigenvalue weighted by molar-refractivity contribution is 5.96. The highest BCUT2D eigenvalue weighted by Gasteiger charge is 2.36. The molecule has 0 spiro atoms. The second-order valence-corrected chi connectivity index (χ2v) is 5.65. The van der Waals surface area contributed by atoms with Gasteiger partial charge in [0.2, 0.25) is 0 Å². The van der Waals surface area contributed by atoms with Crippen LogP contribution >= 0.6 is 0 Å². The van der Waals surface area contributed by atoms with Crippen molar-refractivity contribution in [3.05, 3.63) is 71.6 Å². The van der Waals surface area contributed by atoms with Crippen molar-refractivity contribution in [2.24, 2.45) is 5.92 Å². The summed E-state index contributed by atoms with van der Waals surface area (Å²) in [6, 6.07) is 0. The molecule has 0 fully saturated rings. The molecule has 2 atom stereocenters. The number of rotatable bonds is 3. The minimum atomic E-state index is -0.535. The highest BCUT2D eigenvalue weighted by Crippen LogP contribution is 2.36. The number of ether oxygens (including phenoxy) is 2. The van der Waals surface area contributed by atoms with Gasteiger partial charge in [-0.1, -0.05) is 30.9 Å². The first-order valence-electron chi connectivity index (χ1n) is 7.63. The lowest BCUT2D eigenvalue weighted by Crippen LogP contribution is -2.34. The molecule has 0 saturated heterocycles. The van der Waals surface area contributed by atoms with Crippen molar-refractivity contribution >= 4 is 11.9 Å². The van der Waals surface area contributed by atoms with Gasteiger partial charge >= 0.3 is 11.9 Å². The Labute approximate surface area is 135 Å². The van der Waals surface area contributed by atoms with Crippen LogP contribution < -0.4 is 0 Å². The van der Waals surface area contributed by atoms with Crippen molar-refractivity contribution in [2.75, 3.05) is 0 Å². The van der Waals surface area contributed by atoms with Crippen molar-refractivity contribution < 1.29 is 19.1 Å². The maximum Gasteiger partial charge on any atom is 0.339 e. The van der Waals surface area contributed by atoms with Crippen LogP contribution in [0.3, 0.4) is 0 Å². The van der Waals surface area contributed by atoms with E-state index < -0.39 is 12.1 Å². The lowest BCUT2D eigenvalue weighted by molar-refractivity contribution is -0.144. The minimum Gasteiger partial charge on any atom is -0.453 e. The maximum atomic E-state index is 12.4. The van der Waals surface area contributed by atoms with Crippen LogP contribution in [0.1, 0.15) is 19.8 Å². The lowest BCUT2D eigenvalue weighted by atomic mass is 9.82. The zero-order valence-corrected chi connectivity index (χ0v) is 13.0. The van der Waals surface area contributed by atoms with Crippen LogP contribution in [-0.2, 0) is 19.1 Å². The van der Waals surface area contributed by atoms with Gasteiger partial charge in [0.05, 0.1) is 5.57 Å². The van der Waals surface area contributed by atoms with E-state index in [1.165, 1.54) is 0 Å². The Kier molecular flexibility index (Phi) is 4.15. The molecule has 0 N–H and O–H groups in total. The molecule has 3 rings (SSSR count). The number of fused-ring (bicyclic) bond motifs is 1. The van der Waals surface area contributed by atoms with Gasteiger partial charge < -0.3 is 9.47 Å². The molecule has 2 aliphatic carbocycles. The molecule has 0 amide bonds. The maximum absolute atomic E-state index is 12.4. The SMILES string of the molecule is C=CC(=O)OC1=CC2OC(=O)C(C3=CCCC=C3)=C(C)C2C=C1. The number of carbonyl (C=O) groups excluding carboxylic acids is 2. The first-order chi connectivity index (χ1) is 11.1. The molecule has 0 aromatic heterocycles. The molecular formula is C19H18O4. The Balaban J connectivity index is 1.89. The molecule has 0 saturated carbocycles. The van der Waals surface area contributed by atoms with E-state index in [2.05, 4.69) is 18.7 Å². The minimum absolute atomic E-state index is 0.0369. The van der Waals surface area contributed by atoms with Crippen LogP contribution in [0.2, 0.25) is 0 Å². The molecule has 1 heterocycles. The number of hydrogen-bond donors (Lipinski definition) is 0. The van der Waals surface area contributed by atoms with Crippen LogP contribution in [0.15, 0.2) is 71.6 Å². The van der Waals surface area contributed by atoms with Crippen LogP contribution in [0.25, 0.3) is 0 Å². The number of carbonyl (C=O) groups is 2. The molecule has 1 aliphatic heterocycles. The first-order valence-corrected chi connectivity index (χ1v) is 7.63. The summed E-state index contributed by atoms with van der Waals surface area (Å²) in [5.41, 5.74) is 2.55. The fourth-order valence-corrected chi connectivity index (χ4v) is 3.01. The molecule has 3 aliphatic rings. The zero-order chi connectivity index (χ0) is 16.4. The van der Waals surface area contributed by atoms with Crippen molar-refractivity contribution in [3.63, 3.8) is 0 Å². The predicted molar refractivity (Wildman–Crippen MR) is 86.0 cm³/mol. The Bertz CT molecular complexity index is 716. The molecule has 118 valence electrons. The summed E-state index contributed by atoms with van der Waals surface area (Å²) in [5, 5.41) is 0. The van der Waals surface area contributed by atoms with Gasteiger partial charge in [-0.2, -0.15) is 0 Å². The van der Waals surface area contributed by atoms with Gasteiger partial charge in [-0.3, -0.25) is 0 Å². The summed E-state index contributed by atoms with van der Waals surface area (Å²) in [6.07, 6.45) is 14.0. The smallest absolute Gasteiger partial charge is 0.339 e. The summed E-state index contributed by atoms with van der Waals surface area (Å²) in [6.45, 7) is 5.32. The van der Waals surface area contributed by atoms with Gasteiger partial charge in [0, 0.05) is 12.0 Å². The van der Waals surface area contributed by atoms with Crippen LogP contribution in [-0.4, -0.2) is 18.0 Å². The normalized spacial score (nSPS) is 26.0. The van der Waals surface area contributed by atoms with Gasteiger partial charge in [-0.25, -0.2) is 9.59 Å². The average Bonchev–Trinajstić information content (AvgIpc) is 2.55. The van der Waals surface area contributed by atoms with Gasteiger partial charge in [0.15, 0.2) is 0 Å². The van der Waals surface area contributed by atoms with Gasteiger partial charge in [-0.05, 0) is 43.1 Å². The first kappa shape index (κ1) is 15.3. The predicted octanol–water partition coefficient (Wildman–Crippen LogP) is 3.30. The molecule has 0 aromatic carbocycles. The lowest BCUT2D eigenvalue weighted by Gasteiger charge is -2.33. The molecule has 23 heavy (non-hydrogen) atoms. The van der Waals surface area contributed by atoms with Gasteiger partial charge in [0.25, 0.3) is 0 Å². The largest absolute Gasteiger partial charge is 0.453 e. The average molecular weight is 310 g/mol. The van der Waals surface area contributed by atoms with Crippen molar-refractivity contribution in [2.45, 2.75) is 25.9 Å². The van der Waals surface area contributed by atoms with Crippen molar-refractivity contribution in [3.8, 4) is 0 Å². The molecule has 4 heteroatoms. The Morgan fingerprint density at radius 2 is 2.22 bits per heavy atom. The third kappa shape index (κ3) is 2.97. The van der Waals surface area contributed by atoms with E-state index in [1.54, 1.807) is 12.2 Å². The van der Waals surface area contributed by atoms with Crippen LogP contribution in [0, 0.1) is 5.92 Å². The molecule has 0 radical (unpaired) electrons. The van der Waals surface area contributed by atoms with E-state index in [4.69, 9.17) is 9.47 Å². The van der Waals surface area contributed by atoms with E-state index in [-0.39, 0.29) is 11.9 Å². The van der Waals surface area contributed by atoms with E-state index in [0.717, 1.165) is 30.1 Å². The van der Waals surface area contributed by atoms with Gasteiger partial charge in [-0.15, -0.1) is 0 Å². The van der Waals surface area contributed by atoms with Gasteiger partial charge in [0.1, 0.15) is 11.9 Å². The van der Waals surface area contributed by atoms with Crippen molar-refractivity contribution in [1.29, 1.82) is 0 Å². The molecular weight excluding hydrogens is 292 g/mol. The van der Waals surface area contributed by atoms with Crippen molar-refractivity contribution in [1.82, 2.24) is 0 Å². The third-order valence-electron chi connectivity index (χ3n) is 4.16. The zero-order valence-electron chi connectivity index (χ0n) is 13.0. The summed E-state index contributed by atoms with van der Waals surface area (Å²) >= 11 is 0. The summed E-state index contributed by atoms with van der Waals surface area (Å²) in [5.74, 6) is -0.531. The topological polar surface area (TPSA) is 52.6 Å². The van der Waals surface area contributed by atoms with Crippen LogP contribution in [0.4, 0.5) is 0 Å². The second kappa shape index (κ2) is 6.24. The number of hydrogen-bond acceptors (Lipinski definition) is 4. The van der Waals surface area contributed by atoms with E-state index in [1.807, 2.05) is 19.1 Å². The Morgan fingerprint density at radius 1 is 1.39 bits per heavy atom. The number of allylic oxidation sites excluding steroid dienone is 4. The fraction of sp³-hybridized carbons (Fsp3) is 0.263. The summed E-state index contributed by atoms with van der Waals surface area (Å²) in [4.78, 5) is 23.7. The van der Waals surface area contributed by atoms with E-state index in [9.17, 15) is 9.59 Å². The summed E-state index contributed by atoms with van der Waals surface area (Å²) < 4.78 is 10.6. The monoisotopic (exact) mass is 310 g/mol. The summed E-state index contributed by atoms with van der Waals surface area (Å²) in [7, 11) is 0. The molecule has 4 nitrogen and oxygen atoms in total. The highest BCUT2D eigenvalue weighted by atomic mass is 16.6. The van der Waals surface area contributed by atoms with Crippen LogP contribution in [0.5, 0.6) is 0 Å².